The monoisotopic (exact) mass is 517 g/mol. The number of hydrazine groups is 1. The van der Waals surface area contributed by atoms with Crippen LogP contribution < -0.4 is 20.3 Å². The van der Waals surface area contributed by atoms with Crippen molar-refractivity contribution >= 4 is 29.4 Å². The summed E-state index contributed by atoms with van der Waals surface area (Å²) in [4.78, 5) is 36.0. The summed E-state index contributed by atoms with van der Waals surface area (Å²) in [5, 5.41) is 8.80. The van der Waals surface area contributed by atoms with Crippen molar-refractivity contribution < 1.29 is 33.4 Å². The van der Waals surface area contributed by atoms with Gasteiger partial charge in [-0.05, 0) is 56.1 Å². The zero-order valence-corrected chi connectivity index (χ0v) is 20.2. The van der Waals surface area contributed by atoms with Crippen molar-refractivity contribution in [3.05, 3.63) is 70.5 Å². The minimum absolute atomic E-state index is 0.0794. The second-order valence-corrected chi connectivity index (χ2v) is 9.14. The Bertz CT molecular complexity index is 1210. The van der Waals surface area contributed by atoms with E-state index in [4.69, 9.17) is 26.2 Å². The summed E-state index contributed by atoms with van der Waals surface area (Å²) in [6.07, 6.45) is 3.00. The van der Waals surface area contributed by atoms with E-state index in [-0.39, 0.29) is 23.0 Å². The highest BCUT2D eigenvalue weighted by atomic mass is 35.5. The van der Waals surface area contributed by atoms with Crippen LogP contribution in [0.2, 0.25) is 5.02 Å². The number of amides is 2. The number of piperidine rings is 1. The lowest BCUT2D eigenvalue weighted by Gasteiger charge is -2.32. The Balaban J connectivity index is 1.34. The summed E-state index contributed by atoms with van der Waals surface area (Å²) in [7, 11) is 0. The van der Waals surface area contributed by atoms with E-state index in [0.717, 1.165) is 24.5 Å². The molecule has 1 fully saturated rings. The summed E-state index contributed by atoms with van der Waals surface area (Å²) < 4.78 is 26.9. The van der Waals surface area contributed by atoms with Crippen molar-refractivity contribution in [3.63, 3.8) is 0 Å². The number of hydrogen-bond donors (Lipinski definition) is 3. The SMILES string of the molecule is CC1(c2ccc(Cl)cc2F)Oc2cccc(C3CCN(CC(=O)NNC(=O)/C=C/C(=O)O)CC3)c2O1. The smallest absolute Gasteiger partial charge is 0.328 e. The van der Waals surface area contributed by atoms with Crippen LogP contribution in [0.4, 0.5) is 4.39 Å². The number of fused-ring (bicyclic) bond motifs is 1. The molecule has 2 aromatic rings. The van der Waals surface area contributed by atoms with Crippen LogP contribution in [0.1, 0.15) is 36.8 Å². The fourth-order valence-electron chi connectivity index (χ4n) is 4.40. The molecule has 9 nitrogen and oxygen atoms in total. The molecule has 4 rings (SSSR count). The molecular weight excluding hydrogens is 493 g/mol. The lowest BCUT2D eigenvalue weighted by molar-refractivity contribution is -0.131. The van der Waals surface area contributed by atoms with Crippen LogP contribution in [0.3, 0.4) is 0 Å². The molecular formula is C25H25ClFN3O6. The summed E-state index contributed by atoms with van der Waals surface area (Å²) in [5.74, 6) is -2.97. The second-order valence-electron chi connectivity index (χ2n) is 8.71. The quantitative estimate of drug-likeness (QED) is 0.398. The molecule has 1 atom stereocenters. The lowest BCUT2D eigenvalue weighted by atomic mass is 9.88. The first-order chi connectivity index (χ1) is 17.1. The Kier molecular flexibility index (Phi) is 7.46. The van der Waals surface area contributed by atoms with E-state index in [1.807, 2.05) is 17.0 Å². The van der Waals surface area contributed by atoms with Crippen molar-refractivity contribution in [2.75, 3.05) is 19.6 Å². The number of rotatable bonds is 6. The number of aliphatic carboxylic acids is 1. The Labute approximate surface area is 211 Å². The van der Waals surface area contributed by atoms with Gasteiger partial charge in [-0.2, -0.15) is 0 Å². The normalized spacial score (nSPS) is 19.9. The Morgan fingerprint density at radius 1 is 1.17 bits per heavy atom. The molecule has 0 spiro atoms. The fraction of sp³-hybridized carbons (Fsp3) is 0.320. The van der Waals surface area contributed by atoms with Crippen molar-refractivity contribution in [1.82, 2.24) is 15.8 Å². The Hall–Kier alpha value is -3.63. The third-order valence-corrected chi connectivity index (χ3v) is 6.36. The summed E-state index contributed by atoms with van der Waals surface area (Å²) in [6.45, 7) is 3.02. The average Bonchev–Trinajstić information content (AvgIpc) is 3.19. The summed E-state index contributed by atoms with van der Waals surface area (Å²) >= 11 is 5.89. The van der Waals surface area contributed by atoms with Crippen LogP contribution in [0, 0.1) is 5.82 Å². The highest BCUT2D eigenvalue weighted by Crippen LogP contribution is 2.49. The van der Waals surface area contributed by atoms with Gasteiger partial charge in [0, 0.05) is 29.7 Å². The number of carbonyl (C=O) groups excluding carboxylic acids is 2. The molecule has 1 saturated heterocycles. The van der Waals surface area contributed by atoms with Crippen LogP contribution in [0.15, 0.2) is 48.6 Å². The van der Waals surface area contributed by atoms with E-state index in [1.165, 1.54) is 6.07 Å². The molecule has 2 amide bonds. The van der Waals surface area contributed by atoms with Gasteiger partial charge in [-0.1, -0.05) is 23.7 Å². The predicted molar refractivity (Wildman–Crippen MR) is 128 cm³/mol. The average molecular weight is 518 g/mol. The third kappa shape index (κ3) is 5.77. The maximum atomic E-state index is 14.6. The van der Waals surface area contributed by atoms with Crippen LogP contribution >= 0.6 is 11.6 Å². The second kappa shape index (κ2) is 10.5. The number of nitrogens with one attached hydrogen (secondary N) is 2. The molecule has 2 heterocycles. The Morgan fingerprint density at radius 2 is 1.92 bits per heavy atom. The van der Waals surface area contributed by atoms with Crippen LogP contribution in [0.5, 0.6) is 11.5 Å². The van der Waals surface area contributed by atoms with Crippen molar-refractivity contribution in [3.8, 4) is 11.5 Å². The summed E-state index contributed by atoms with van der Waals surface area (Å²) in [5.41, 5.74) is 5.62. The van der Waals surface area contributed by atoms with Gasteiger partial charge in [-0.15, -0.1) is 0 Å². The first-order valence-electron chi connectivity index (χ1n) is 11.3. The predicted octanol–water partition coefficient (Wildman–Crippen LogP) is 3.09. The van der Waals surface area contributed by atoms with Crippen molar-refractivity contribution in [2.45, 2.75) is 31.5 Å². The highest BCUT2D eigenvalue weighted by Gasteiger charge is 2.42. The van der Waals surface area contributed by atoms with E-state index in [9.17, 15) is 18.8 Å². The zero-order chi connectivity index (χ0) is 25.9. The first kappa shape index (κ1) is 25.5. The molecule has 0 aliphatic carbocycles. The number of carboxylic acids is 1. The van der Waals surface area contributed by atoms with E-state index < -0.39 is 29.4 Å². The molecule has 0 saturated carbocycles. The van der Waals surface area contributed by atoms with Gasteiger partial charge in [0.05, 0.1) is 12.1 Å². The van der Waals surface area contributed by atoms with E-state index in [1.54, 1.807) is 25.1 Å². The van der Waals surface area contributed by atoms with Gasteiger partial charge in [0.25, 0.3) is 17.6 Å². The molecule has 2 aliphatic heterocycles. The maximum Gasteiger partial charge on any atom is 0.328 e. The molecule has 11 heteroatoms. The van der Waals surface area contributed by atoms with Gasteiger partial charge in [-0.25, -0.2) is 9.18 Å². The molecule has 0 bridgehead atoms. The largest absolute Gasteiger partial charge is 0.478 e. The minimum atomic E-state index is -1.32. The topological polar surface area (TPSA) is 117 Å². The molecule has 0 radical (unpaired) electrons. The van der Waals surface area contributed by atoms with Crippen LogP contribution in [-0.2, 0) is 20.2 Å². The molecule has 2 aliphatic rings. The van der Waals surface area contributed by atoms with Gasteiger partial charge in [0.1, 0.15) is 5.82 Å². The molecule has 0 aromatic heterocycles. The van der Waals surface area contributed by atoms with Gasteiger partial charge in [-0.3, -0.25) is 25.3 Å². The fourth-order valence-corrected chi connectivity index (χ4v) is 4.56. The third-order valence-electron chi connectivity index (χ3n) is 6.13. The number of nitrogens with zero attached hydrogens (tertiary/aromatic N) is 1. The number of para-hydroxylation sites is 1. The first-order valence-corrected chi connectivity index (χ1v) is 11.7. The van der Waals surface area contributed by atoms with E-state index in [2.05, 4.69) is 10.9 Å². The Morgan fingerprint density at radius 3 is 2.61 bits per heavy atom. The zero-order valence-electron chi connectivity index (χ0n) is 19.4. The summed E-state index contributed by atoms with van der Waals surface area (Å²) in [6, 6.07) is 10.0. The maximum absolute atomic E-state index is 14.6. The number of carbonyl (C=O) groups is 3. The number of likely N-dealkylation sites (tertiary alicyclic amines) is 1. The van der Waals surface area contributed by atoms with Gasteiger partial charge in [0.2, 0.25) is 0 Å². The van der Waals surface area contributed by atoms with Crippen molar-refractivity contribution in [2.24, 2.45) is 0 Å². The number of ether oxygens (including phenoxy) is 2. The van der Waals surface area contributed by atoms with Crippen LogP contribution in [-0.4, -0.2) is 47.4 Å². The van der Waals surface area contributed by atoms with Crippen LogP contribution in [0.25, 0.3) is 0 Å². The molecule has 190 valence electrons. The number of hydrogen-bond acceptors (Lipinski definition) is 6. The van der Waals surface area contributed by atoms with Gasteiger partial charge in [0.15, 0.2) is 11.5 Å². The minimum Gasteiger partial charge on any atom is -0.478 e. The van der Waals surface area contributed by atoms with Gasteiger partial charge < -0.3 is 14.6 Å². The lowest BCUT2D eigenvalue weighted by Crippen LogP contribution is -2.47. The highest BCUT2D eigenvalue weighted by molar-refractivity contribution is 6.30. The standard InChI is InChI=1S/C25H25ClFN3O6/c1-25(18-6-5-16(26)13-19(18)27)35-20-4-2-3-17(24(20)36-25)15-9-11-30(12-10-15)14-22(32)29-28-21(31)7-8-23(33)34/h2-8,13,15H,9-12,14H2,1H3,(H,28,31)(H,29,32)(H,33,34)/b8-7+. The molecule has 1 unspecified atom stereocenters. The molecule has 36 heavy (non-hydrogen) atoms. The molecule has 3 N–H and O–H groups in total. The number of benzene rings is 2. The number of carboxylic acid groups (broad SMARTS) is 1. The van der Waals surface area contributed by atoms with Crippen molar-refractivity contribution in [1.29, 1.82) is 0 Å². The molecule has 2 aromatic carbocycles. The number of halogens is 2. The van der Waals surface area contributed by atoms with E-state index >= 15 is 0 Å². The van der Waals surface area contributed by atoms with E-state index in [0.29, 0.717) is 30.7 Å². The van der Waals surface area contributed by atoms with Gasteiger partial charge >= 0.3 is 5.97 Å².